The number of rotatable bonds is 60. The summed E-state index contributed by atoms with van der Waals surface area (Å²) in [6.07, 6.45) is 72.1. The molecule has 7 heteroatoms. The second-order valence-corrected chi connectivity index (χ2v) is 32.8. The zero-order valence-corrected chi connectivity index (χ0v) is 54.3. The predicted octanol–water partition coefficient (Wildman–Crippen LogP) is 23.3. The van der Waals surface area contributed by atoms with Gasteiger partial charge in [0.15, 0.2) is 0 Å². The quantitative estimate of drug-likeness (QED) is 0.0276. The van der Waals surface area contributed by atoms with Crippen LogP contribution in [0.3, 0.4) is 0 Å². The first-order chi connectivity index (χ1) is 35.9. The van der Waals surface area contributed by atoms with Gasteiger partial charge < -0.3 is 0 Å². The van der Waals surface area contributed by atoms with Crippen molar-refractivity contribution >= 4 is 56.4 Å². The SMILES string of the molecule is CCCCCCCC/C=C\CCCCCCCCC(CS)C(=O)[O][Sn]([CH2]CCCCCCCCCCC)([CH2]CCCCCCCCCCC)[O]C(=O)C(CS)CCCCCCCC/C=C\CCCCCCCC. The van der Waals surface area contributed by atoms with Crippen molar-refractivity contribution in [3.05, 3.63) is 24.3 Å². The first kappa shape index (κ1) is 72.9. The molecule has 0 saturated heterocycles. The van der Waals surface area contributed by atoms with Crippen LogP contribution in [-0.2, 0) is 15.7 Å². The van der Waals surface area contributed by atoms with E-state index in [1.165, 1.54) is 257 Å². The van der Waals surface area contributed by atoms with Crippen LogP contribution in [-0.4, -0.2) is 42.6 Å². The van der Waals surface area contributed by atoms with E-state index >= 15 is 0 Å². The van der Waals surface area contributed by atoms with Crippen LogP contribution >= 0.6 is 25.3 Å². The van der Waals surface area contributed by atoms with E-state index < -0.39 is 19.2 Å². The number of unbranched alkanes of at least 4 members (excludes halogenated alkanes) is 42. The van der Waals surface area contributed by atoms with Crippen LogP contribution in [0.2, 0.25) is 8.87 Å². The Hall–Kier alpha value is -0.0813. The first-order valence-corrected chi connectivity index (χ1v) is 40.5. The number of thiol groups is 2. The Labute approximate surface area is 474 Å². The van der Waals surface area contributed by atoms with Crippen molar-refractivity contribution in [1.29, 1.82) is 0 Å². The molecule has 0 spiro atoms. The summed E-state index contributed by atoms with van der Waals surface area (Å²) in [7, 11) is 0. The van der Waals surface area contributed by atoms with Gasteiger partial charge in [0.1, 0.15) is 0 Å². The Morgan fingerprint density at radius 2 is 0.521 bits per heavy atom. The molecule has 0 aliphatic heterocycles. The van der Waals surface area contributed by atoms with Crippen LogP contribution in [0.15, 0.2) is 24.3 Å². The number of carbonyl (C=O) groups is 2. The molecule has 0 N–H and O–H groups in total. The molecule has 4 nitrogen and oxygen atoms in total. The van der Waals surface area contributed by atoms with Gasteiger partial charge in [-0.15, -0.1) is 0 Å². The van der Waals surface area contributed by atoms with Crippen LogP contribution in [0, 0.1) is 11.8 Å². The molecule has 0 radical (unpaired) electrons. The van der Waals surface area contributed by atoms with Gasteiger partial charge in [-0.25, -0.2) is 0 Å². The second kappa shape index (κ2) is 59.6. The van der Waals surface area contributed by atoms with Gasteiger partial charge in [-0.3, -0.25) is 0 Å². The minimum atomic E-state index is -4.25. The van der Waals surface area contributed by atoms with Crippen LogP contribution in [0.1, 0.15) is 349 Å². The molecule has 0 amide bonds. The Bertz CT molecular complexity index is 1100. The van der Waals surface area contributed by atoms with Crippen molar-refractivity contribution in [2.75, 3.05) is 11.5 Å². The third-order valence-electron chi connectivity index (χ3n) is 15.6. The summed E-state index contributed by atoms with van der Waals surface area (Å²) >= 11 is 5.24. The van der Waals surface area contributed by atoms with Gasteiger partial charge in [0.05, 0.1) is 0 Å². The fourth-order valence-electron chi connectivity index (χ4n) is 10.5. The average molecular weight is 1170 g/mol. The van der Waals surface area contributed by atoms with E-state index in [1.54, 1.807) is 0 Å². The summed E-state index contributed by atoms with van der Waals surface area (Å²) in [5.74, 6) is 0.258. The fourth-order valence-corrected chi connectivity index (χ4v) is 20.7. The van der Waals surface area contributed by atoms with Gasteiger partial charge >= 0.3 is 362 Å². The minimum absolute atomic E-state index is 0.124. The molecular weight excluding hydrogens is 1040 g/mol. The molecule has 0 fully saturated rings. The molecule has 0 heterocycles. The van der Waals surface area contributed by atoms with E-state index in [1.807, 2.05) is 0 Å². The molecule has 0 saturated carbocycles. The third-order valence-corrected chi connectivity index (χ3v) is 26.2. The molecule has 0 aromatic carbocycles. The molecular formula is C66H128O4S2Sn. The topological polar surface area (TPSA) is 52.6 Å². The summed E-state index contributed by atoms with van der Waals surface area (Å²) in [5, 5.41) is 0. The van der Waals surface area contributed by atoms with Crippen LogP contribution in [0.25, 0.3) is 0 Å². The monoisotopic (exact) mass is 1170 g/mol. The average Bonchev–Trinajstić information content (AvgIpc) is 3.39. The molecule has 0 bridgehead atoms. The number of hydrogen-bond donors (Lipinski definition) is 2. The summed E-state index contributed by atoms with van der Waals surface area (Å²) in [6, 6.07) is 0. The Balaban J connectivity index is 5.51. The van der Waals surface area contributed by atoms with Gasteiger partial charge in [-0.1, -0.05) is 90.2 Å². The van der Waals surface area contributed by atoms with Gasteiger partial charge in [-0.2, -0.15) is 0 Å². The Kier molecular flexibility index (Phi) is 59.5. The van der Waals surface area contributed by atoms with E-state index in [-0.39, 0.29) is 23.8 Å². The van der Waals surface area contributed by atoms with Gasteiger partial charge in [-0.05, 0) is 25.7 Å². The smallest absolute Gasteiger partial charge is 0.0885 e. The summed E-state index contributed by atoms with van der Waals surface area (Å²) in [4.78, 5) is 28.7. The van der Waals surface area contributed by atoms with Crippen molar-refractivity contribution < 1.29 is 15.7 Å². The van der Waals surface area contributed by atoms with Crippen molar-refractivity contribution in [3.8, 4) is 0 Å². The van der Waals surface area contributed by atoms with E-state index in [9.17, 15) is 9.59 Å². The van der Waals surface area contributed by atoms with Crippen molar-refractivity contribution in [3.63, 3.8) is 0 Å². The van der Waals surface area contributed by atoms with Crippen LogP contribution in [0.5, 0.6) is 0 Å². The molecule has 432 valence electrons. The van der Waals surface area contributed by atoms with E-state index in [4.69, 9.17) is 31.4 Å². The summed E-state index contributed by atoms with van der Waals surface area (Å²) < 4.78 is 15.3. The number of hydrogen-bond acceptors (Lipinski definition) is 6. The standard InChI is InChI=1S/2C21H40O2S.2C12H25.Sn/c2*1-2-3-4-5-6-7-8-9-10-11-12-13-14-15-16-17-18-20(19-24)21(22)23;2*1-3-5-7-9-11-12-10-8-6-4-2;/h2*9-10,20,24H,2-8,11-19H2,1H3,(H,22,23);2*1,3-12H2,2H3;/q;;;;+2/p-2/b2*10-9-;;;. The minimum Gasteiger partial charge on any atom is -0.0885 e. The van der Waals surface area contributed by atoms with E-state index in [0.29, 0.717) is 11.5 Å². The van der Waals surface area contributed by atoms with Gasteiger partial charge in [0.25, 0.3) is 0 Å². The van der Waals surface area contributed by atoms with Gasteiger partial charge in [0, 0.05) is 0 Å². The fraction of sp³-hybridized carbons (Fsp3) is 0.909. The summed E-state index contributed by atoms with van der Waals surface area (Å²) in [6.45, 7) is 9.14. The predicted molar refractivity (Wildman–Crippen MR) is 334 cm³/mol. The Morgan fingerprint density at radius 1 is 0.315 bits per heavy atom. The van der Waals surface area contributed by atoms with Crippen molar-refractivity contribution in [2.45, 2.75) is 358 Å². The first-order valence-electron chi connectivity index (χ1n) is 32.9. The molecule has 2 atom stereocenters. The van der Waals surface area contributed by atoms with Gasteiger partial charge in [0.2, 0.25) is 0 Å². The molecule has 0 aromatic rings. The molecule has 0 rings (SSSR count). The van der Waals surface area contributed by atoms with Crippen molar-refractivity contribution in [2.24, 2.45) is 11.8 Å². The Morgan fingerprint density at radius 3 is 0.753 bits per heavy atom. The van der Waals surface area contributed by atoms with E-state index in [2.05, 4.69) is 52.0 Å². The normalized spacial score (nSPS) is 12.9. The number of carbonyl (C=O) groups excluding carboxylic acids is 2. The zero-order valence-electron chi connectivity index (χ0n) is 49.7. The maximum absolute atomic E-state index is 14.4. The summed E-state index contributed by atoms with van der Waals surface area (Å²) in [5.41, 5.74) is 0. The van der Waals surface area contributed by atoms with Crippen LogP contribution in [0.4, 0.5) is 0 Å². The third kappa shape index (κ3) is 49.9. The number of allylic oxidation sites excluding steroid dienone is 4. The molecule has 0 aromatic heterocycles. The van der Waals surface area contributed by atoms with Crippen molar-refractivity contribution in [1.82, 2.24) is 0 Å². The molecule has 73 heavy (non-hydrogen) atoms. The van der Waals surface area contributed by atoms with E-state index in [0.717, 1.165) is 73.1 Å². The zero-order chi connectivity index (χ0) is 53.2. The maximum atomic E-state index is 14.4. The molecule has 0 aliphatic carbocycles. The van der Waals surface area contributed by atoms with Crippen LogP contribution < -0.4 is 0 Å². The second-order valence-electron chi connectivity index (χ2n) is 22.8. The molecule has 0 aliphatic rings. The molecule has 2 unspecified atom stereocenters.